The molecular weight excluding hydrogens is 344 g/mol. The summed E-state index contributed by atoms with van der Waals surface area (Å²) < 4.78 is 6.21. The molecule has 1 unspecified atom stereocenters. The average Bonchev–Trinajstić information content (AvgIpc) is 2.89. The number of aromatic nitrogens is 1. The maximum absolute atomic E-state index is 12.7. The van der Waals surface area contributed by atoms with Gasteiger partial charge in [-0.15, -0.1) is 0 Å². The molecule has 1 aromatic carbocycles. The minimum Gasteiger partial charge on any atom is -0.361 e. The molecule has 1 aliphatic rings. The highest BCUT2D eigenvalue weighted by Gasteiger charge is 2.41. The highest BCUT2D eigenvalue weighted by molar-refractivity contribution is 9.10. The second-order valence-electron chi connectivity index (χ2n) is 6.58. The van der Waals surface area contributed by atoms with E-state index in [9.17, 15) is 4.79 Å². The predicted octanol–water partition coefficient (Wildman–Crippen LogP) is 4.11. The highest BCUT2D eigenvalue weighted by atomic mass is 79.9. The molecule has 1 atom stereocenters. The fourth-order valence-corrected chi connectivity index (χ4v) is 3.82. The van der Waals surface area contributed by atoms with Crippen LogP contribution in [0.3, 0.4) is 0 Å². The molecule has 0 radical (unpaired) electrons. The Bertz CT molecular complexity index is 730. The van der Waals surface area contributed by atoms with E-state index in [1.807, 2.05) is 12.1 Å². The van der Waals surface area contributed by atoms with Gasteiger partial charge in [0.1, 0.15) is 11.3 Å². The van der Waals surface area contributed by atoms with Crippen molar-refractivity contribution < 1.29 is 9.32 Å². The number of aryl methyl sites for hydroxylation is 2. The molecule has 0 fully saturated rings. The van der Waals surface area contributed by atoms with Gasteiger partial charge >= 0.3 is 0 Å². The normalized spacial score (nSPS) is 19.0. The van der Waals surface area contributed by atoms with Crippen LogP contribution in [0.4, 0.5) is 0 Å². The minimum atomic E-state index is -0.123. The Labute approximate surface area is 138 Å². The summed E-state index contributed by atoms with van der Waals surface area (Å²) >= 11 is 3.62. The first-order valence-corrected chi connectivity index (χ1v) is 8.11. The SMILES string of the molecule is Cc1noc(C)c1C(=O)NC1c2cccc(Br)c2CC1(C)C. The molecule has 0 spiro atoms. The van der Waals surface area contributed by atoms with Crippen molar-refractivity contribution in [1.82, 2.24) is 10.5 Å². The van der Waals surface area contributed by atoms with E-state index in [4.69, 9.17) is 4.52 Å². The topological polar surface area (TPSA) is 55.1 Å². The zero-order chi connectivity index (χ0) is 16.1. The molecule has 22 heavy (non-hydrogen) atoms. The van der Waals surface area contributed by atoms with Gasteiger partial charge in [0.05, 0.1) is 11.7 Å². The van der Waals surface area contributed by atoms with Crippen molar-refractivity contribution >= 4 is 21.8 Å². The number of nitrogens with zero attached hydrogens (tertiary/aromatic N) is 1. The fourth-order valence-electron chi connectivity index (χ4n) is 3.29. The number of hydrogen-bond donors (Lipinski definition) is 1. The Morgan fingerprint density at radius 1 is 1.41 bits per heavy atom. The van der Waals surface area contributed by atoms with E-state index in [-0.39, 0.29) is 17.4 Å². The fraction of sp³-hybridized carbons (Fsp3) is 0.412. The van der Waals surface area contributed by atoms with Crippen molar-refractivity contribution in [3.05, 3.63) is 50.8 Å². The molecule has 1 amide bonds. The molecule has 0 bridgehead atoms. The molecule has 2 aromatic rings. The number of hydrogen-bond acceptors (Lipinski definition) is 3. The van der Waals surface area contributed by atoms with Crippen LogP contribution < -0.4 is 5.32 Å². The number of carbonyl (C=O) groups excluding carboxylic acids is 1. The smallest absolute Gasteiger partial charge is 0.257 e. The second kappa shape index (κ2) is 5.23. The average molecular weight is 363 g/mol. The summed E-state index contributed by atoms with van der Waals surface area (Å²) in [5, 5.41) is 7.04. The number of carbonyl (C=O) groups is 1. The van der Waals surface area contributed by atoms with Gasteiger partial charge in [-0.05, 0) is 42.9 Å². The van der Waals surface area contributed by atoms with Gasteiger partial charge in [-0.2, -0.15) is 0 Å². The van der Waals surface area contributed by atoms with Crippen LogP contribution in [0.15, 0.2) is 27.2 Å². The van der Waals surface area contributed by atoms with E-state index in [1.165, 1.54) is 11.1 Å². The molecule has 0 saturated carbocycles. The number of fused-ring (bicyclic) bond motifs is 1. The molecule has 3 rings (SSSR count). The van der Waals surface area contributed by atoms with Gasteiger partial charge in [-0.25, -0.2) is 0 Å². The zero-order valence-corrected chi connectivity index (χ0v) is 14.7. The molecule has 1 heterocycles. The van der Waals surface area contributed by atoms with Crippen LogP contribution in [0.1, 0.15) is 52.8 Å². The highest BCUT2D eigenvalue weighted by Crippen LogP contribution is 2.47. The van der Waals surface area contributed by atoms with Crippen molar-refractivity contribution in [2.45, 2.75) is 40.2 Å². The predicted molar refractivity (Wildman–Crippen MR) is 87.8 cm³/mol. The Kier molecular flexibility index (Phi) is 3.63. The maximum Gasteiger partial charge on any atom is 0.257 e. The van der Waals surface area contributed by atoms with Gasteiger partial charge in [0, 0.05) is 4.47 Å². The van der Waals surface area contributed by atoms with E-state index in [1.54, 1.807) is 13.8 Å². The van der Waals surface area contributed by atoms with E-state index in [0.717, 1.165) is 10.9 Å². The van der Waals surface area contributed by atoms with E-state index in [0.29, 0.717) is 17.0 Å². The maximum atomic E-state index is 12.7. The van der Waals surface area contributed by atoms with E-state index < -0.39 is 0 Å². The summed E-state index contributed by atoms with van der Waals surface area (Å²) in [5.41, 5.74) is 3.58. The molecule has 0 aliphatic heterocycles. The molecule has 0 saturated heterocycles. The number of halogens is 1. The molecule has 1 N–H and O–H groups in total. The van der Waals surface area contributed by atoms with Gasteiger partial charge in [-0.3, -0.25) is 4.79 Å². The Morgan fingerprint density at radius 2 is 2.14 bits per heavy atom. The first-order valence-electron chi connectivity index (χ1n) is 7.32. The number of benzene rings is 1. The van der Waals surface area contributed by atoms with Crippen LogP contribution >= 0.6 is 15.9 Å². The van der Waals surface area contributed by atoms with Gasteiger partial charge in [0.2, 0.25) is 0 Å². The van der Waals surface area contributed by atoms with Crippen LogP contribution in [-0.2, 0) is 6.42 Å². The third-order valence-corrected chi connectivity index (χ3v) is 5.16. The number of amides is 1. The Morgan fingerprint density at radius 3 is 2.77 bits per heavy atom. The molecule has 5 heteroatoms. The quantitative estimate of drug-likeness (QED) is 0.874. The second-order valence-corrected chi connectivity index (χ2v) is 7.43. The van der Waals surface area contributed by atoms with Crippen molar-refractivity contribution in [3.63, 3.8) is 0 Å². The Hall–Kier alpha value is -1.62. The van der Waals surface area contributed by atoms with Crippen LogP contribution in [-0.4, -0.2) is 11.1 Å². The van der Waals surface area contributed by atoms with Crippen LogP contribution in [0.2, 0.25) is 0 Å². The molecule has 4 nitrogen and oxygen atoms in total. The summed E-state index contributed by atoms with van der Waals surface area (Å²) in [4.78, 5) is 12.7. The minimum absolute atomic E-state index is 0.0267. The van der Waals surface area contributed by atoms with Crippen LogP contribution in [0.25, 0.3) is 0 Å². The number of rotatable bonds is 2. The molecule has 1 aliphatic carbocycles. The summed E-state index contributed by atoms with van der Waals surface area (Å²) in [6.07, 6.45) is 0.927. The first-order chi connectivity index (χ1) is 10.3. The third kappa shape index (κ3) is 2.37. The monoisotopic (exact) mass is 362 g/mol. The Balaban J connectivity index is 1.96. The summed E-state index contributed by atoms with van der Waals surface area (Å²) in [6.45, 7) is 7.91. The lowest BCUT2D eigenvalue weighted by Gasteiger charge is -2.28. The van der Waals surface area contributed by atoms with Gasteiger partial charge < -0.3 is 9.84 Å². The van der Waals surface area contributed by atoms with Gasteiger partial charge in [0.25, 0.3) is 5.91 Å². The van der Waals surface area contributed by atoms with Crippen molar-refractivity contribution in [3.8, 4) is 0 Å². The summed E-state index contributed by atoms with van der Waals surface area (Å²) in [5.74, 6) is 0.433. The van der Waals surface area contributed by atoms with Crippen molar-refractivity contribution in [1.29, 1.82) is 0 Å². The van der Waals surface area contributed by atoms with Crippen LogP contribution in [0.5, 0.6) is 0 Å². The zero-order valence-electron chi connectivity index (χ0n) is 13.2. The van der Waals surface area contributed by atoms with Crippen molar-refractivity contribution in [2.75, 3.05) is 0 Å². The third-order valence-electron chi connectivity index (χ3n) is 4.42. The standard InChI is InChI=1S/C17H19BrN2O2/c1-9-14(10(2)22-20-9)16(21)19-15-11-6-5-7-13(18)12(11)8-17(15,3)4/h5-7,15H,8H2,1-4H3,(H,19,21). The van der Waals surface area contributed by atoms with E-state index >= 15 is 0 Å². The van der Waals surface area contributed by atoms with Gasteiger partial charge in [-0.1, -0.05) is 47.1 Å². The molecular formula is C17H19BrN2O2. The van der Waals surface area contributed by atoms with Crippen LogP contribution in [0, 0.1) is 19.3 Å². The lowest BCUT2D eigenvalue weighted by atomic mass is 9.85. The lowest BCUT2D eigenvalue weighted by molar-refractivity contribution is 0.0901. The molecule has 1 aromatic heterocycles. The van der Waals surface area contributed by atoms with E-state index in [2.05, 4.69) is 46.3 Å². The summed E-state index contributed by atoms with van der Waals surface area (Å²) in [6, 6.07) is 6.13. The number of nitrogens with one attached hydrogen (secondary N) is 1. The van der Waals surface area contributed by atoms with Gasteiger partial charge in [0.15, 0.2) is 0 Å². The lowest BCUT2D eigenvalue weighted by Crippen LogP contribution is -2.36. The molecule has 116 valence electrons. The first kappa shape index (κ1) is 15.3. The van der Waals surface area contributed by atoms with Crippen molar-refractivity contribution in [2.24, 2.45) is 5.41 Å². The largest absolute Gasteiger partial charge is 0.361 e. The summed E-state index contributed by atoms with van der Waals surface area (Å²) in [7, 11) is 0.